The average molecular weight is 659 g/mol. The van der Waals surface area contributed by atoms with Crippen LogP contribution in [0.2, 0.25) is 0 Å². The third-order valence-electron chi connectivity index (χ3n) is 9.07. The van der Waals surface area contributed by atoms with Crippen molar-refractivity contribution in [3.05, 3.63) is 36.5 Å². The maximum Gasteiger partial charge on any atom is 0.306 e. The molecule has 1 atom stereocenters. The summed E-state index contributed by atoms with van der Waals surface area (Å²) in [5.74, 6) is -0.787. The zero-order valence-electron chi connectivity index (χ0n) is 31.3. The summed E-state index contributed by atoms with van der Waals surface area (Å²) >= 11 is 0. The lowest BCUT2D eigenvalue weighted by atomic mass is 10.0. The summed E-state index contributed by atoms with van der Waals surface area (Å²) in [7, 11) is 0. The Labute approximate surface area is 292 Å². The fourth-order valence-electron chi connectivity index (χ4n) is 6.01. The zero-order chi connectivity index (χ0) is 34.3. The van der Waals surface area contributed by atoms with Crippen molar-refractivity contribution in [1.29, 1.82) is 0 Å². The van der Waals surface area contributed by atoms with Crippen LogP contribution < -0.4 is 0 Å². The van der Waals surface area contributed by atoms with E-state index in [1.165, 1.54) is 135 Å². The fraction of sp³-hybridized carbons (Fsp3) is 0.814. The van der Waals surface area contributed by atoms with E-state index >= 15 is 0 Å². The summed E-state index contributed by atoms with van der Waals surface area (Å²) in [6.45, 7) is 4.51. The van der Waals surface area contributed by atoms with Crippen molar-refractivity contribution in [2.75, 3.05) is 0 Å². The minimum atomic E-state index is -0.721. The van der Waals surface area contributed by atoms with Crippen LogP contribution in [0.1, 0.15) is 219 Å². The van der Waals surface area contributed by atoms with E-state index in [-0.39, 0.29) is 18.5 Å². The van der Waals surface area contributed by atoms with Gasteiger partial charge in [-0.25, -0.2) is 0 Å². The Bertz CT molecular complexity index is 753. The van der Waals surface area contributed by atoms with Gasteiger partial charge in [-0.05, 0) is 76.7 Å². The summed E-state index contributed by atoms with van der Waals surface area (Å²) in [4.78, 5) is 23.3. The Balaban J connectivity index is 3.79. The van der Waals surface area contributed by atoms with Gasteiger partial charge >= 0.3 is 11.9 Å². The van der Waals surface area contributed by atoms with E-state index in [1.807, 2.05) is 0 Å². The Morgan fingerprint density at radius 2 is 0.894 bits per heavy atom. The molecule has 0 aliphatic rings. The van der Waals surface area contributed by atoms with Crippen molar-refractivity contribution < 1.29 is 19.4 Å². The molecule has 0 aromatic rings. The van der Waals surface area contributed by atoms with Gasteiger partial charge in [0, 0.05) is 12.8 Å². The van der Waals surface area contributed by atoms with Crippen molar-refractivity contribution in [2.45, 2.75) is 225 Å². The van der Waals surface area contributed by atoms with Gasteiger partial charge in [-0.2, -0.15) is 0 Å². The first-order valence-corrected chi connectivity index (χ1v) is 20.5. The van der Waals surface area contributed by atoms with Crippen molar-refractivity contribution in [1.82, 2.24) is 0 Å². The number of esters is 1. The van der Waals surface area contributed by atoms with Crippen LogP contribution in [0.3, 0.4) is 0 Å². The van der Waals surface area contributed by atoms with Crippen molar-refractivity contribution in [3.63, 3.8) is 0 Å². The number of ether oxygens (including phenoxy) is 1. The van der Waals surface area contributed by atoms with Gasteiger partial charge in [0.25, 0.3) is 0 Å². The third-order valence-corrected chi connectivity index (χ3v) is 9.07. The summed E-state index contributed by atoms with van der Waals surface area (Å²) in [6, 6.07) is 0. The van der Waals surface area contributed by atoms with Gasteiger partial charge in [-0.1, -0.05) is 166 Å². The molecule has 0 amide bonds. The maximum atomic E-state index is 12.6. The molecule has 0 radical (unpaired) electrons. The number of carboxylic acid groups (broad SMARTS) is 1. The fourth-order valence-corrected chi connectivity index (χ4v) is 6.01. The number of hydrogen-bond acceptors (Lipinski definition) is 3. The quantitative estimate of drug-likeness (QED) is 0.0410. The predicted molar refractivity (Wildman–Crippen MR) is 204 cm³/mol. The molecule has 0 heterocycles. The van der Waals surface area contributed by atoms with Crippen LogP contribution in [0.15, 0.2) is 36.5 Å². The van der Waals surface area contributed by atoms with Crippen molar-refractivity contribution >= 4 is 11.9 Å². The van der Waals surface area contributed by atoms with Gasteiger partial charge in [-0.15, -0.1) is 0 Å². The molecule has 0 saturated carbocycles. The Morgan fingerprint density at radius 3 is 1.38 bits per heavy atom. The molecule has 0 aliphatic carbocycles. The van der Waals surface area contributed by atoms with E-state index in [4.69, 9.17) is 9.84 Å². The van der Waals surface area contributed by atoms with Gasteiger partial charge in [0.15, 0.2) is 0 Å². The van der Waals surface area contributed by atoms with Crippen LogP contribution in [0.25, 0.3) is 0 Å². The van der Waals surface area contributed by atoms with Crippen LogP contribution in [-0.2, 0) is 14.3 Å². The number of rotatable bonds is 37. The zero-order valence-corrected chi connectivity index (χ0v) is 31.3. The lowest BCUT2D eigenvalue weighted by Crippen LogP contribution is -2.16. The number of carbonyl (C=O) groups excluding carboxylic acids is 1. The van der Waals surface area contributed by atoms with Crippen LogP contribution in [-0.4, -0.2) is 23.1 Å². The maximum absolute atomic E-state index is 12.6. The van der Waals surface area contributed by atoms with Crippen LogP contribution in [0.4, 0.5) is 0 Å². The topological polar surface area (TPSA) is 63.6 Å². The summed E-state index contributed by atoms with van der Waals surface area (Å²) in [5, 5.41) is 8.82. The molecule has 1 N–H and O–H groups in total. The highest BCUT2D eigenvalue weighted by molar-refractivity contribution is 5.69. The molecule has 0 spiro atoms. The van der Waals surface area contributed by atoms with Crippen LogP contribution >= 0.6 is 0 Å². The van der Waals surface area contributed by atoms with Gasteiger partial charge in [-0.3, -0.25) is 9.59 Å². The molecule has 0 saturated heterocycles. The lowest BCUT2D eigenvalue weighted by Gasteiger charge is -2.15. The second-order valence-electron chi connectivity index (χ2n) is 13.8. The smallest absolute Gasteiger partial charge is 0.306 e. The van der Waals surface area contributed by atoms with Gasteiger partial charge in [0.05, 0.1) is 0 Å². The Morgan fingerprint density at radius 1 is 0.489 bits per heavy atom. The van der Waals surface area contributed by atoms with Crippen LogP contribution in [0, 0.1) is 0 Å². The van der Waals surface area contributed by atoms with E-state index in [9.17, 15) is 9.59 Å². The normalized spacial score (nSPS) is 12.6. The van der Waals surface area contributed by atoms with Crippen molar-refractivity contribution in [2.24, 2.45) is 0 Å². The number of unbranched alkanes of at least 4 members (excludes halogenated alkanes) is 24. The molecule has 0 aromatic heterocycles. The van der Waals surface area contributed by atoms with Crippen LogP contribution in [0.5, 0.6) is 0 Å². The molecule has 0 bridgehead atoms. The first-order chi connectivity index (χ1) is 23.1. The molecule has 0 fully saturated rings. The van der Waals surface area contributed by atoms with E-state index in [0.29, 0.717) is 6.42 Å². The summed E-state index contributed by atoms with van der Waals surface area (Å²) in [5.41, 5.74) is 0. The van der Waals surface area contributed by atoms with E-state index in [0.717, 1.165) is 57.8 Å². The number of carbonyl (C=O) groups is 2. The largest absolute Gasteiger partial charge is 0.481 e. The van der Waals surface area contributed by atoms with Gasteiger partial charge < -0.3 is 9.84 Å². The molecule has 0 aliphatic heterocycles. The highest BCUT2D eigenvalue weighted by Gasteiger charge is 2.11. The molecule has 0 aromatic carbocycles. The predicted octanol–water partition coefficient (Wildman–Crippen LogP) is 14.2. The number of allylic oxidation sites excluding steroid dienone is 5. The molecular formula is C43H78O4. The molecule has 1 unspecified atom stereocenters. The second-order valence-corrected chi connectivity index (χ2v) is 13.8. The molecule has 4 heteroatoms. The average Bonchev–Trinajstić information content (AvgIpc) is 3.05. The number of hydrogen-bond donors (Lipinski definition) is 1. The lowest BCUT2D eigenvalue weighted by molar-refractivity contribution is -0.147. The van der Waals surface area contributed by atoms with Gasteiger partial charge in [0.1, 0.15) is 6.10 Å². The molecule has 274 valence electrons. The third kappa shape index (κ3) is 38.5. The first kappa shape index (κ1) is 45.2. The Hall–Kier alpha value is -1.84. The summed E-state index contributed by atoms with van der Waals surface area (Å²) < 4.78 is 5.86. The second kappa shape index (κ2) is 38.6. The summed E-state index contributed by atoms with van der Waals surface area (Å²) in [6.07, 6.45) is 50.5. The van der Waals surface area contributed by atoms with Crippen molar-refractivity contribution in [3.8, 4) is 0 Å². The monoisotopic (exact) mass is 659 g/mol. The first-order valence-electron chi connectivity index (χ1n) is 20.5. The van der Waals surface area contributed by atoms with E-state index in [2.05, 4.69) is 50.3 Å². The van der Waals surface area contributed by atoms with E-state index in [1.54, 1.807) is 0 Å². The number of carboxylic acids is 1. The highest BCUT2D eigenvalue weighted by Crippen LogP contribution is 2.16. The molecular weight excluding hydrogens is 580 g/mol. The highest BCUT2D eigenvalue weighted by atomic mass is 16.5. The minimum absolute atomic E-state index is 0.0655. The molecule has 47 heavy (non-hydrogen) atoms. The SMILES string of the molecule is CCCCCCC/C=C\C/C=C\CCCCCCCCCCCCCC(=O)OC(/C=C\CCCCCCC)CCCCCCC(=O)O. The van der Waals surface area contributed by atoms with E-state index < -0.39 is 5.97 Å². The standard InChI is InChI=1S/C43H78O4/c1-3-5-7-9-11-12-13-14-15-16-17-18-19-20-21-22-23-24-25-26-28-30-36-40-43(46)47-41(37-33-29-27-10-8-6-4-2)38-34-31-32-35-39-42(44)45/h13-14,16-17,33,37,41H,3-12,15,18-32,34-36,38-40H2,1-2H3,(H,44,45)/b14-13-,17-16-,37-33-. The van der Waals surface area contributed by atoms with Gasteiger partial charge in [0.2, 0.25) is 0 Å². The number of aliphatic carboxylic acids is 1. The molecule has 0 rings (SSSR count). The minimum Gasteiger partial charge on any atom is -0.481 e. The molecule has 4 nitrogen and oxygen atoms in total. The Kier molecular flexibility index (Phi) is 37.1.